The lowest BCUT2D eigenvalue weighted by atomic mass is 9.79. The van der Waals surface area contributed by atoms with Gasteiger partial charge in [-0.15, -0.1) is 0 Å². The Morgan fingerprint density at radius 3 is 2.75 bits per heavy atom. The number of hydrogen-bond acceptors (Lipinski definition) is 0. The van der Waals surface area contributed by atoms with E-state index in [0.29, 0.717) is 0 Å². The van der Waals surface area contributed by atoms with Crippen molar-refractivity contribution in [3.8, 4) is 0 Å². The maximum atomic E-state index is 14.6. The highest BCUT2D eigenvalue weighted by atomic mass is 19.1. The van der Waals surface area contributed by atoms with Crippen molar-refractivity contribution < 1.29 is 4.39 Å². The van der Waals surface area contributed by atoms with Crippen molar-refractivity contribution in [3.63, 3.8) is 0 Å². The van der Waals surface area contributed by atoms with Crippen LogP contribution in [0.5, 0.6) is 0 Å². The summed E-state index contributed by atoms with van der Waals surface area (Å²) in [6.45, 7) is 1.85. The molecule has 0 heterocycles. The van der Waals surface area contributed by atoms with E-state index < -0.39 is 0 Å². The summed E-state index contributed by atoms with van der Waals surface area (Å²) in [6, 6.07) is 8.15. The number of hydrogen-bond donors (Lipinski definition) is 0. The number of allylic oxidation sites excluding steroid dienone is 4. The highest BCUT2D eigenvalue weighted by molar-refractivity contribution is 5.94. The van der Waals surface area contributed by atoms with Crippen LogP contribution in [0.3, 0.4) is 0 Å². The van der Waals surface area contributed by atoms with E-state index in [9.17, 15) is 4.39 Å². The maximum absolute atomic E-state index is 14.6. The zero-order valence-electron chi connectivity index (χ0n) is 11.7. The Morgan fingerprint density at radius 2 is 1.85 bits per heavy atom. The van der Waals surface area contributed by atoms with Crippen LogP contribution in [0.4, 0.5) is 4.39 Å². The van der Waals surface area contributed by atoms with Crippen molar-refractivity contribution in [1.29, 1.82) is 0 Å². The van der Waals surface area contributed by atoms with Crippen LogP contribution in [0, 0.1) is 12.7 Å². The third-order valence-corrected chi connectivity index (χ3v) is 4.67. The van der Waals surface area contributed by atoms with Crippen molar-refractivity contribution in [2.24, 2.45) is 0 Å². The number of halogens is 1. The molecule has 2 aliphatic carbocycles. The minimum atomic E-state index is -0.0387. The van der Waals surface area contributed by atoms with Gasteiger partial charge in [0, 0.05) is 5.39 Å². The number of aryl methyl sites for hydroxylation is 2. The van der Waals surface area contributed by atoms with Crippen molar-refractivity contribution in [2.75, 3.05) is 0 Å². The fraction of sp³-hybridized carbons (Fsp3) is 0.263. The van der Waals surface area contributed by atoms with Crippen molar-refractivity contribution >= 4 is 16.3 Å². The monoisotopic (exact) mass is 264 g/mol. The Balaban J connectivity index is 2.07. The van der Waals surface area contributed by atoms with E-state index in [1.54, 1.807) is 5.57 Å². The van der Waals surface area contributed by atoms with E-state index in [4.69, 9.17) is 0 Å². The fourth-order valence-electron chi connectivity index (χ4n) is 3.59. The highest BCUT2D eigenvalue weighted by Gasteiger charge is 2.22. The molecule has 20 heavy (non-hydrogen) atoms. The van der Waals surface area contributed by atoms with Crippen LogP contribution < -0.4 is 0 Å². The summed E-state index contributed by atoms with van der Waals surface area (Å²) in [5.74, 6) is -0.0387. The summed E-state index contributed by atoms with van der Waals surface area (Å²) in [5.41, 5.74) is 6.09. The van der Waals surface area contributed by atoms with Crippen LogP contribution in [0.25, 0.3) is 16.3 Å². The van der Waals surface area contributed by atoms with Gasteiger partial charge in [0.1, 0.15) is 5.82 Å². The average molecular weight is 264 g/mol. The summed E-state index contributed by atoms with van der Waals surface area (Å²) >= 11 is 0. The molecule has 0 saturated carbocycles. The maximum Gasteiger partial charge on any atom is 0.134 e. The van der Waals surface area contributed by atoms with E-state index in [0.717, 1.165) is 35.6 Å². The third-order valence-electron chi connectivity index (χ3n) is 4.67. The first-order chi connectivity index (χ1) is 9.75. The molecule has 0 radical (unpaired) electrons. The molecule has 4 rings (SSSR count). The Morgan fingerprint density at radius 1 is 1.00 bits per heavy atom. The fourth-order valence-corrected chi connectivity index (χ4v) is 3.59. The van der Waals surface area contributed by atoms with Gasteiger partial charge < -0.3 is 0 Å². The lowest BCUT2D eigenvalue weighted by Crippen LogP contribution is -2.08. The zero-order chi connectivity index (χ0) is 13.7. The van der Waals surface area contributed by atoms with E-state index >= 15 is 0 Å². The Bertz CT molecular complexity index is 778. The Labute approximate surface area is 118 Å². The molecule has 2 aromatic rings. The van der Waals surface area contributed by atoms with Crippen molar-refractivity contribution in [3.05, 3.63) is 64.5 Å². The molecule has 0 spiro atoms. The molecule has 0 unspecified atom stereocenters. The van der Waals surface area contributed by atoms with Gasteiger partial charge in [0.05, 0.1) is 0 Å². The Hall–Kier alpha value is -1.89. The molecule has 0 fully saturated rings. The van der Waals surface area contributed by atoms with Crippen molar-refractivity contribution in [2.45, 2.75) is 32.6 Å². The van der Waals surface area contributed by atoms with Crippen LogP contribution in [0.1, 0.15) is 36.0 Å². The SMILES string of the molecule is Cc1ccc2ccc3c(c2c1F)CCC1=C3C=CCC1. The van der Waals surface area contributed by atoms with Crippen molar-refractivity contribution in [1.82, 2.24) is 0 Å². The van der Waals surface area contributed by atoms with Gasteiger partial charge >= 0.3 is 0 Å². The van der Waals surface area contributed by atoms with Gasteiger partial charge in [0.25, 0.3) is 0 Å². The molecule has 0 N–H and O–H groups in total. The first-order valence-electron chi connectivity index (χ1n) is 7.35. The van der Waals surface area contributed by atoms with Crippen LogP contribution in [0.2, 0.25) is 0 Å². The molecular formula is C19H17F. The molecule has 0 aromatic heterocycles. The topological polar surface area (TPSA) is 0 Å². The molecular weight excluding hydrogens is 247 g/mol. The lowest BCUT2D eigenvalue weighted by molar-refractivity contribution is 0.629. The summed E-state index contributed by atoms with van der Waals surface area (Å²) in [7, 11) is 0. The smallest absolute Gasteiger partial charge is 0.134 e. The molecule has 2 aromatic carbocycles. The van der Waals surface area contributed by atoms with Gasteiger partial charge in [0.15, 0.2) is 0 Å². The molecule has 100 valence electrons. The summed E-state index contributed by atoms with van der Waals surface area (Å²) in [4.78, 5) is 0. The molecule has 0 amide bonds. The molecule has 0 bridgehead atoms. The number of fused-ring (bicyclic) bond motifs is 4. The molecule has 0 atom stereocenters. The van der Waals surface area contributed by atoms with Crippen LogP contribution in [0.15, 0.2) is 42.0 Å². The standard InChI is InChI=1S/C19H17F/c1-12-6-7-14-9-10-16-15-5-3-2-4-13(15)8-11-17(16)18(14)19(12)20/h3,5-7,9-10H,2,4,8,11H2,1H3. The van der Waals surface area contributed by atoms with Crippen LogP contribution in [-0.2, 0) is 6.42 Å². The number of benzene rings is 2. The van der Waals surface area contributed by atoms with Gasteiger partial charge in [-0.25, -0.2) is 4.39 Å². The normalized spacial score (nSPS) is 17.3. The quantitative estimate of drug-likeness (QED) is 0.602. The zero-order valence-corrected chi connectivity index (χ0v) is 11.7. The largest absolute Gasteiger partial charge is 0.206 e. The summed E-state index contributed by atoms with van der Waals surface area (Å²) < 4.78 is 14.6. The van der Waals surface area contributed by atoms with E-state index in [-0.39, 0.29) is 5.82 Å². The van der Waals surface area contributed by atoms with Gasteiger partial charge in [0.2, 0.25) is 0 Å². The van der Waals surface area contributed by atoms with Gasteiger partial charge in [-0.1, -0.05) is 42.0 Å². The van der Waals surface area contributed by atoms with Crippen LogP contribution >= 0.6 is 0 Å². The highest BCUT2D eigenvalue weighted by Crippen LogP contribution is 2.40. The van der Waals surface area contributed by atoms with Crippen LogP contribution in [-0.4, -0.2) is 0 Å². The minimum Gasteiger partial charge on any atom is -0.206 e. The van der Waals surface area contributed by atoms with Gasteiger partial charge in [-0.05, 0) is 60.3 Å². The summed E-state index contributed by atoms with van der Waals surface area (Å²) in [6.07, 6.45) is 8.84. The second-order valence-corrected chi connectivity index (χ2v) is 5.84. The average Bonchev–Trinajstić information content (AvgIpc) is 2.50. The molecule has 0 nitrogen and oxygen atoms in total. The summed E-state index contributed by atoms with van der Waals surface area (Å²) in [5, 5.41) is 1.86. The van der Waals surface area contributed by atoms with E-state index in [1.807, 2.05) is 19.1 Å². The molecule has 2 aliphatic rings. The first-order valence-corrected chi connectivity index (χ1v) is 7.35. The van der Waals surface area contributed by atoms with Gasteiger partial charge in [-0.3, -0.25) is 0 Å². The first kappa shape index (κ1) is 11.9. The number of rotatable bonds is 0. The third kappa shape index (κ3) is 1.59. The molecule has 1 heteroatoms. The second-order valence-electron chi connectivity index (χ2n) is 5.84. The van der Waals surface area contributed by atoms with Gasteiger partial charge in [-0.2, -0.15) is 0 Å². The van der Waals surface area contributed by atoms with E-state index in [2.05, 4.69) is 24.3 Å². The molecule has 0 aliphatic heterocycles. The Kier molecular flexibility index (Phi) is 2.56. The molecule has 0 saturated heterocycles. The van der Waals surface area contributed by atoms with E-state index in [1.165, 1.54) is 23.1 Å². The minimum absolute atomic E-state index is 0.0387. The predicted octanol–water partition coefficient (Wildman–Crippen LogP) is 5.34. The lowest BCUT2D eigenvalue weighted by Gasteiger charge is -2.25. The second kappa shape index (κ2) is 4.31. The predicted molar refractivity (Wildman–Crippen MR) is 82.3 cm³/mol.